The summed E-state index contributed by atoms with van der Waals surface area (Å²) in [7, 11) is 1.42. The Hall–Kier alpha value is -3.62. The molecule has 0 unspecified atom stereocenters. The van der Waals surface area contributed by atoms with Gasteiger partial charge in [-0.05, 0) is 18.2 Å². The molecule has 2 aromatic rings. The maximum atomic E-state index is 12.0. The lowest BCUT2D eigenvalue weighted by Crippen LogP contribution is -2.43. The van der Waals surface area contributed by atoms with Crippen molar-refractivity contribution in [1.29, 1.82) is 0 Å². The number of nitrogens with zero attached hydrogens (tertiary/aromatic N) is 1. The molecule has 2 amide bonds. The number of para-hydroxylation sites is 3. The first-order chi connectivity index (χ1) is 12.0. The van der Waals surface area contributed by atoms with Gasteiger partial charge in [0.15, 0.2) is 12.4 Å². The third-order valence-corrected chi connectivity index (χ3v) is 3.09. The summed E-state index contributed by atoms with van der Waals surface area (Å²) in [6.45, 7) is -0.503. The smallest absolute Gasteiger partial charge is 0.310 e. The second-order valence-electron chi connectivity index (χ2n) is 4.72. The highest BCUT2D eigenvalue weighted by Crippen LogP contribution is 2.25. The van der Waals surface area contributed by atoms with Crippen LogP contribution in [0, 0.1) is 10.1 Å². The van der Waals surface area contributed by atoms with Crippen LogP contribution in [0.25, 0.3) is 0 Å². The lowest BCUT2D eigenvalue weighted by molar-refractivity contribution is -0.385. The number of carbonyl (C=O) groups excluding carboxylic acids is 2. The number of hydrogen-bond acceptors (Lipinski definition) is 6. The van der Waals surface area contributed by atoms with Crippen LogP contribution in [0.15, 0.2) is 48.5 Å². The molecule has 0 aliphatic rings. The SMILES string of the molecule is COc1ccccc1C(=O)NNC(=O)COc1ccccc1[N+](=O)[O-]. The van der Waals surface area contributed by atoms with E-state index in [4.69, 9.17) is 9.47 Å². The summed E-state index contributed by atoms with van der Waals surface area (Å²) >= 11 is 0. The topological polar surface area (TPSA) is 120 Å². The van der Waals surface area contributed by atoms with Gasteiger partial charge in [-0.2, -0.15) is 0 Å². The van der Waals surface area contributed by atoms with Crippen LogP contribution in [0.1, 0.15) is 10.4 Å². The van der Waals surface area contributed by atoms with Crippen molar-refractivity contribution in [2.24, 2.45) is 0 Å². The molecule has 0 aromatic heterocycles. The van der Waals surface area contributed by atoms with Gasteiger partial charge in [0.1, 0.15) is 5.75 Å². The number of rotatable bonds is 6. The van der Waals surface area contributed by atoms with Crippen molar-refractivity contribution in [2.45, 2.75) is 0 Å². The fraction of sp³-hybridized carbons (Fsp3) is 0.125. The molecular formula is C16H15N3O6. The van der Waals surface area contributed by atoms with Crippen LogP contribution in [-0.2, 0) is 4.79 Å². The van der Waals surface area contributed by atoms with Crippen molar-refractivity contribution in [1.82, 2.24) is 10.9 Å². The molecule has 0 spiro atoms. The molecule has 0 saturated heterocycles. The normalized spacial score (nSPS) is 9.80. The molecule has 25 heavy (non-hydrogen) atoms. The molecule has 2 aromatic carbocycles. The van der Waals surface area contributed by atoms with E-state index in [0.717, 1.165) is 0 Å². The van der Waals surface area contributed by atoms with Gasteiger partial charge in [-0.25, -0.2) is 0 Å². The number of hydrazine groups is 1. The van der Waals surface area contributed by atoms with E-state index in [9.17, 15) is 19.7 Å². The number of nitro benzene ring substituents is 1. The van der Waals surface area contributed by atoms with Crippen molar-refractivity contribution in [3.05, 3.63) is 64.2 Å². The minimum absolute atomic E-state index is 0.0429. The number of benzene rings is 2. The van der Waals surface area contributed by atoms with Crippen molar-refractivity contribution in [2.75, 3.05) is 13.7 Å². The fourth-order valence-electron chi connectivity index (χ4n) is 1.94. The standard InChI is InChI=1S/C16H15N3O6/c1-24-13-8-4-2-6-11(13)16(21)18-17-15(20)10-25-14-9-5-3-7-12(14)19(22)23/h2-9H,10H2,1H3,(H,17,20)(H,18,21). The number of ether oxygens (including phenoxy) is 2. The summed E-state index contributed by atoms with van der Waals surface area (Å²) < 4.78 is 10.2. The Morgan fingerprint density at radius 3 is 2.36 bits per heavy atom. The van der Waals surface area contributed by atoms with Crippen LogP contribution in [0.3, 0.4) is 0 Å². The number of nitrogens with one attached hydrogen (secondary N) is 2. The lowest BCUT2D eigenvalue weighted by Gasteiger charge is -2.10. The Balaban J connectivity index is 1.89. The summed E-state index contributed by atoms with van der Waals surface area (Å²) in [4.78, 5) is 34.0. The monoisotopic (exact) mass is 345 g/mol. The molecule has 9 nitrogen and oxygen atoms in total. The zero-order chi connectivity index (χ0) is 18.2. The second-order valence-corrected chi connectivity index (χ2v) is 4.72. The predicted octanol–water partition coefficient (Wildman–Crippen LogP) is 1.44. The van der Waals surface area contributed by atoms with E-state index in [1.807, 2.05) is 0 Å². The number of carbonyl (C=O) groups is 2. The average Bonchev–Trinajstić information content (AvgIpc) is 2.64. The maximum Gasteiger partial charge on any atom is 0.310 e. The van der Waals surface area contributed by atoms with E-state index in [0.29, 0.717) is 5.75 Å². The van der Waals surface area contributed by atoms with Gasteiger partial charge in [-0.3, -0.25) is 30.6 Å². The minimum Gasteiger partial charge on any atom is -0.496 e. The van der Waals surface area contributed by atoms with Gasteiger partial charge in [0, 0.05) is 6.07 Å². The number of methoxy groups -OCH3 is 1. The Morgan fingerprint density at radius 2 is 1.68 bits per heavy atom. The highest BCUT2D eigenvalue weighted by molar-refractivity contribution is 5.97. The van der Waals surface area contributed by atoms with Crippen molar-refractivity contribution >= 4 is 17.5 Å². The summed E-state index contributed by atoms with van der Waals surface area (Å²) in [5.74, 6) is -0.943. The quantitative estimate of drug-likeness (QED) is 0.604. The van der Waals surface area contributed by atoms with E-state index < -0.39 is 23.3 Å². The Bertz CT molecular complexity index is 793. The van der Waals surface area contributed by atoms with Crippen LogP contribution >= 0.6 is 0 Å². The Kier molecular flexibility index (Phi) is 5.88. The largest absolute Gasteiger partial charge is 0.496 e. The zero-order valence-electron chi connectivity index (χ0n) is 13.2. The highest BCUT2D eigenvalue weighted by Gasteiger charge is 2.16. The van der Waals surface area contributed by atoms with Gasteiger partial charge < -0.3 is 9.47 Å². The van der Waals surface area contributed by atoms with Gasteiger partial charge >= 0.3 is 5.69 Å². The Labute approximate surface area is 142 Å². The van der Waals surface area contributed by atoms with Gasteiger partial charge in [0.2, 0.25) is 0 Å². The molecule has 0 saturated carbocycles. The molecule has 2 rings (SSSR count). The molecule has 0 fully saturated rings. The van der Waals surface area contributed by atoms with Crippen LogP contribution in [0.5, 0.6) is 11.5 Å². The van der Waals surface area contributed by atoms with Crippen molar-refractivity contribution in [3.8, 4) is 11.5 Å². The second kappa shape index (κ2) is 8.29. The molecular weight excluding hydrogens is 330 g/mol. The first kappa shape index (κ1) is 17.7. The maximum absolute atomic E-state index is 12.0. The highest BCUT2D eigenvalue weighted by atomic mass is 16.6. The van der Waals surface area contributed by atoms with E-state index >= 15 is 0 Å². The molecule has 0 heterocycles. The first-order valence-electron chi connectivity index (χ1n) is 7.11. The number of hydrogen-bond donors (Lipinski definition) is 2. The molecule has 9 heteroatoms. The zero-order valence-corrected chi connectivity index (χ0v) is 13.2. The molecule has 2 N–H and O–H groups in total. The molecule has 0 aliphatic carbocycles. The number of amides is 2. The van der Waals surface area contributed by atoms with Gasteiger partial charge in [0.25, 0.3) is 11.8 Å². The van der Waals surface area contributed by atoms with E-state index in [2.05, 4.69) is 10.9 Å². The van der Waals surface area contributed by atoms with Crippen LogP contribution < -0.4 is 20.3 Å². The van der Waals surface area contributed by atoms with E-state index in [1.165, 1.54) is 31.4 Å². The number of nitro groups is 1. The summed E-state index contributed by atoms with van der Waals surface area (Å²) in [6, 6.07) is 12.2. The fourth-order valence-corrected chi connectivity index (χ4v) is 1.94. The van der Waals surface area contributed by atoms with E-state index in [1.54, 1.807) is 24.3 Å². The molecule has 0 radical (unpaired) electrons. The van der Waals surface area contributed by atoms with Crippen molar-refractivity contribution < 1.29 is 24.0 Å². The van der Waals surface area contributed by atoms with Gasteiger partial charge in [-0.15, -0.1) is 0 Å². The summed E-state index contributed by atoms with van der Waals surface area (Å²) in [5.41, 5.74) is 4.36. The lowest BCUT2D eigenvalue weighted by atomic mass is 10.2. The average molecular weight is 345 g/mol. The third-order valence-electron chi connectivity index (χ3n) is 3.09. The minimum atomic E-state index is -0.679. The predicted molar refractivity (Wildman–Crippen MR) is 87.2 cm³/mol. The Morgan fingerprint density at radius 1 is 1.04 bits per heavy atom. The summed E-state index contributed by atoms with van der Waals surface area (Å²) in [6.07, 6.45) is 0. The molecule has 0 atom stereocenters. The van der Waals surface area contributed by atoms with Crippen LogP contribution in [-0.4, -0.2) is 30.5 Å². The molecule has 0 bridgehead atoms. The van der Waals surface area contributed by atoms with E-state index in [-0.39, 0.29) is 17.0 Å². The van der Waals surface area contributed by atoms with Crippen LogP contribution in [0.4, 0.5) is 5.69 Å². The van der Waals surface area contributed by atoms with Gasteiger partial charge in [-0.1, -0.05) is 24.3 Å². The van der Waals surface area contributed by atoms with Crippen LogP contribution in [0.2, 0.25) is 0 Å². The third kappa shape index (κ3) is 4.67. The molecule has 130 valence electrons. The van der Waals surface area contributed by atoms with Gasteiger partial charge in [0.05, 0.1) is 17.6 Å². The van der Waals surface area contributed by atoms with Crippen molar-refractivity contribution in [3.63, 3.8) is 0 Å². The first-order valence-corrected chi connectivity index (χ1v) is 7.11. The summed E-state index contributed by atoms with van der Waals surface area (Å²) in [5, 5.41) is 10.9. The molecule has 0 aliphatic heterocycles.